The maximum atomic E-state index is 12.0. The molecular formula is C13H18N2O. The highest BCUT2D eigenvalue weighted by molar-refractivity contribution is 5.86. The van der Waals surface area contributed by atoms with E-state index in [2.05, 4.69) is 17.3 Å². The maximum absolute atomic E-state index is 12.0. The van der Waals surface area contributed by atoms with E-state index in [1.807, 2.05) is 6.92 Å². The van der Waals surface area contributed by atoms with Crippen molar-refractivity contribution in [2.45, 2.75) is 51.5 Å². The highest BCUT2D eigenvalue weighted by Gasteiger charge is 2.41. The fourth-order valence-electron chi connectivity index (χ4n) is 2.13. The zero-order valence-corrected chi connectivity index (χ0v) is 9.75. The van der Waals surface area contributed by atoms with Gasteiger partial charge in [-0.1, -0.05) is 19.8 Å². The fraction of sp³-hybridized carbons (Fsp3) is 0.692. The van der Waals surface area contributed by atoms with E-state index in [1.54, 1.807) is 0 Å². The van der Waals surface area contributed by atoms with Gasteiger partial charge < -0.3 is 5.32 Å². The van der Waals surface area contributed by atoms with Crippen molar-refractivity contribution >= 4 is 5.91 Å². The maximum Gasteiger partial charge on any atom is 0.240 e. The summed E-state index contributed by atoms with van der Waals surface area (Å²) >= 11 is 0. The molecule has 16 heavy (non-hydrogen) atoms. The lowest BCUT2D eigenvalue weighted by Crippen LogP contribution is -2.43. The molecule has 1 aliphatic carbocycles. The first-order valence-electron chi connectivity index (χ1n) is 5.84. The van der Waals surface area contributed by atoms with Crippen LogP contribution >= 0.6 is 0 Å². The van der Waals surface area contributed by atoms with Gasteiger partial charge in [0, 0.05) is 12.5 Å². The molecule has 0 saturated heterocycles. The first-order valence-corrected chi connectivity index (χ1v) is 5.84. The molecule has 0 aromatic heterocycles. The number of carbonyl (C=O) groups is 1. The van der Waals surface area contributed by atoms with Crippen LogP contribution in [-0.2, 0) is 4.79 Å². The summed E-state index contributed by atoms with van der Waals surface area (Å²) < 4.78 is 0. The third-order valence-corrected chi connectivity index (χ3v) is 3.30. The van der Waals surface area contributed by atoms with Crippen LogP contribution in [0.25, 0.3) is 0 Å². The summed E-state index contributed by atoms with van der Waals surface area (Å²) in [5.74, 6) is 2.42. The predicted molar refractivity (Wildman–Crippen MR) is 62.2 cm³/mol. The van der Waals surface area contributed by atoms with Crippen molar-refractivity contribution in [2.24, 2.45) is 5.41 Å². The van der Waals surface area contributed by atoms with Crippen LogP contribution in [-0.4, -0.2) is 11.9 Å². The quantitative estimate of drug-likeness (QED) is 0.734. The first-order chi connectivity index (χ1) is 7.68. The van der Waals surface area contributed by atoms with Crippen LogP contribution in [0.5, 0.6) is 0 Å². The number of nitrogens with zero attached hydrogens (tertiary/aromatic N) is 1. The van der Waals surface area contributed by atoms with Gasteiger partial charge in [-0.25, -0.2) is 0 Å². The molecule has 0 bridgehead atoms. The molecule has 1 saturated carbocycles. The SMILES string of the molecule is C#CCC(CC)NC(=O)C1(C#N)CCCC1. The summed E-state index contributed by atoms with van der Waals surface area (Å²) in [6.07, 6.45) is 9.86. The topological polar surface area (TPSA) is 52.9 Å². The molecule has 3 nitrogen and oxygen atoms in total. The Morgan fingerprint density at radius 1 is 1.56 bits per heavy atom. The Morgan fingerprint density at radius 3 is 2.62 bits per heavy atom. The average Bonchev–Trinajstić information content (AvgIpc) is 2.78. The highest BCUT2D eigenvalue weighted by atomic mass is 16.2. The van der Waals surface area contributed by atoms with Crippen LogP contribution < -0.4 is 5.32 Å². The molecule has 0 aliphatic heterocycles. The van der Waals surface area contributed by atoms with E-state index >= 15 is 0 Å². The molecule has 1 amide bonds. The lowest BCUT2D eigenvalue weighted by atomic mass is 9.86. The van der Waals surface area contributed by atoms with Gasteiger partial charge in [0.25, 0.3) is 0 Å². The van der Waals surface area contributed by atoms with E-state index in [-0.39, 0.29) is 11.9 Å². The zero-order chi connectivity index (χ0) is 12.0. The van der Waals surface area contributed by atoms with E-state index in [1.165, 1.54) is 0 Å². The average molecular weight is 218 g/mol. The third kappa shape index (κ3) is 2.55. The van der Waals surface area contributed by atoms with Crippen LogP contribution in [0.4, 0.5) is 0 Å². The van der Waals surface area contributed by atoms with Crippen LogP contribution in [0.1, 0.15) is 45.4 Å². The smallest absolute Gasteiger partial charge is 0.240 e. The van der Waals surface area contributed by atoms with Gasteiger partial charge in [0.05, 0.1) is 6.07 Å². The van der Waals surface area contributed by atoms with Crippen molar-refractivity contribution in [2.75, 3.05) is 0 Å². The van der Waals surface area contributed by atoms with E-state index in [4.69, 9.17) is 11.7 Å². The number of hydrogen-bond donors (Lipinski definition) is 1. The lowest BCUT2D eigenvalue weighted by molar-refractivity contribution is -0.128. The molecular weight excluding hydrogens is 200 g/mol. The molecule has 86 valence electrons. The second kappa shape index (κ2) is 5.56. The Balaban J connectivity index is 2.64. The lowest BCUT2D eigenvalue weighted by Gasteiger charge is -2.23. The molecule has 0 aromatic rings. The van der Waals surface area contributed by atoms with Crippen molar-refractivity contribution in [3.63, 3.8) is 0 Å². The molecule has 1 unspecified atom stereocenters. The molecule has 1 rings (SSSR count). The third-order valence-electron chi connectivity index (χ3n) is 3.30. The van der Waals surface area contributed by atoms with Gasteiger partial charge in [-0.15, -0.1) is 12.3 Å². The van der Waals surface area contributed by atoms with Gasteiger partial charge in [-0.3, -0.25) is 4.79 Å². The molecule has 1 fully saturated rings. The van der Waals surface area contributed by atoms with Gasteiger partial charge >= 0.3 is 0 Å². The van der Waals surface area contributed by atoms with Crippen LogP contribution in [0.15, 0.2) is 0 Å². The molecule has 0 aromatic carbocycles. The minimum Gasteiger partial charge on any atom is -0.351 e. The van der Waals surface area contributed by atoms with E-state index in [0.717, 1.165) is 19.3 Å². The number of rotatable bonds is 4. The van der Waals surface area contributed by atoms with Gasteiger partial charge in [0.2, 0.25) is 5.91 Å². The van der Waals surface area contributed by atoms with Crippen molar-refractivity contribution in [3.05, 3.63) is 0 Å². The van der Waals surface area contributed by atoms with Crippen LogP contribution in [0, 0.1) is 29.1 Å². The molecule has 1 atom stereocenters. The van der Waals surface area contributed by atoms with Crippen molar-refractivity contribution in [1.82, 2.24) is 5.32 Å². The largest absolute Gasteiger partial charge is 0.351 e. The molecule has 3 heteroatoms. The second-order valence-electron chi connectivity index (χ2n) is 4.39. The van der Waals surface area contributed by atoms with E-state index in [0.29, 0.717) is 19.3 Å². The number of amides is 1. The minimum absolute atomic E-state index is 0.00308. The normalized spacial score (nSPS) is 19.4. The summed E-state index contributed by atoms with van der Waals surface area (Å²) in [6.45, 7) is 1.98. The summed E-state index contributed by atoms with van der Waals surface area (Å²) in [5.41, 5.74) is -0.790. The van der Waals surface area contributed by atoms with Gasteiger partial charge in [-0.2, -0.15) is 5.26 Å². The summed E-state index contributed by atoms with van der Waals surface area (Å²) in [5, 5.41) is 12.0. The standard InChI is InChI=1S/C13H18N2O/c1-3-7-11(4-2)15-12(16)13(10-14)8-5-6-9-13/h1,11H,4-9H2,2H3,(H,15,16). The first kappa shape index (κ1) is 12.6. The Kier molecular flexibility index (Phi) is 4.38. The molecule has 0 heterocycles. The van der Waals surface area contributed by atoms with Crippen molar-refractivity contribution < 1.29 is 4.79 Å². The monoisotopic (exact) mass is 218 g/mol. The molecule has 1 aliphatic rings. The second-order valence-corrected chi connectivity index (χ2v) is 4.39. The summed E-state index contributed by atoms with van der Waals surface area (Å²) in [6, 6.07) is 2.19. The summed E-state index contributed by atoms with van der Waals surface area (Å²) in [7, 11) is 0. The van der Waals surface area contributed by atoms with Gasteiger partial charge in [0.15, 0.2) is 0 Å². The Labute approximate surface area is 97.2 Å². The number of nitrogens with one attached hydrogen (secondary N) is 1. The predicted octanol–water partition coefficient (Wildman–Crippen LogP) is 1.99. The molecule has 0 spiro atoms. The van der Waals surface area contributed by atoms with Crippen LogP contribution in [0.3, 0.4) is 0 Å². The number of carbonyl (C=O) groups excluding carboxylic acids is 1. The minimum atomic E-state index is -0.790. The van der Waals surface area contributed by atoms with Crippen LogP contribution in [0.2, 0.25) is 0 Å². The Hall–Kier alpha value is -1.48. The van der Waals surface area contributed by atoms with E-state index in [9.17, 15) is 4.79 Å². The molecule has 0 radical (unpaired) electrons. The summed E-state index contributed by atoms with van der Waals surface area (Å²) in [4.78, 5) is 12.0. The number of terminal acetylenes is 1. The Bertz CT molecular complexity index is 329. The van der Waals surface area contributed by atoms with Gasteiger partial charge in [-0.05, 0) is 19.3 Å². The number of hydrogen-bond acceptors (Lipinski definition) is 2. The highest BCUT2D eigenvalue weighted by Crippen LogP contribution is 2.37. The zero-order valence-electron chi connectivity index (χ0n) is 9.75. The van der Waals surface area contributed by atoms with Crippen molar-refractivity contribution in [1.29, 1.82) is 5.26 Å². The fourth-order valence-corrected chi connectivity index (χ4v) is 2.13. The molecule has 1 N–H and O–H groups in total. The van der Waals surface area contributed by atoms with Crippen molar-refractivity contribution in [3.8, 4) is 18.4 Å². The Morgan fingerprint density at radius 2 is 2.19 bits per heavy atom. The van der Waals surface area contributed by atoms with E-state index < -0.39 is 5.41 Å². The van der Waals surface area contributed by atoms with Gasteiger partial charge in [0.1, 0.15) is 5.41 Å². The number of nitriles is 1.